The number of imide groups is 1. The maximum Gasteiger partial charge on any atom is 0.289 e. The van der Waals surface area contributed by atoms with E-state index in [0.717, 1.165) is 17.7 Å². The summed E-state index contributed by atoms with van der Waals surface area (Å²) in [5, 5.41) is 11.2. The zero-order valence-electron chi connectivity index (χ0n) is 15.1. The van der Waals surface area contributed by atoms with E-state index in [9.17, 15) is 19.7 Å². The van der Waals surface area contributed by atoms with Gasteiger partial charge in [-0.1, -0.05) is 41.3 Å². The summed E-state index contributed by atoms with van der Waals surface area (Å²) in [6.07, 6.45) is 9.90. The van der Waals surface area contributed by atoms with E-state index in [1.165, 1.54) is 48.6 Å². The standard InChI is InChI=1S/C21H19ClN2O4/c22-15-9-6-12(10-16(15)24(27)28)23-20(25)18-13-7-8-14(19(18)21(23)26)17(13)11-4-2-1-3-5-11/h6-10,13-14,18-19H,1-5H2/t13-,14-,18-,19-/m0/s1. The van der Waals surface area contributed by atoms with E-state index in [1.54, 1.807) is 0 Å². The van der Waals surface area contributed by atoms with Crippen molar-refractivity contribution < 1.29 is 14.5 Å². The minimum atomic E-state index is -0.603. The van der Waals surface area contributed by atoms with Gasteiger partial charge in [0.15, 0.2) is 0 Å². The van der Waals surface area contributed by atoms with Gasteiger partial charge < -0.3 is 0 Å². The molecule has 3 fully saturated rings. The lowest BCUT2D eigenvalue weighted by Gasteiger charge is -2.23. The van der Waals surface area contributed by atoms with Crippen molar-refractivity contribution in [2.75, 3.05) is 4.90 Å². The number of benzene rings is 1. The predicted molar refractivity (Wildman–Crippen MR) is 104 cm³/mol. The van der Waals surface area contributed by atoms with Crippen molar-refractivity contribution in [2.24, 2.45) is 23.7 Å². The van der Waals surface area contributed by atoms with E-state index in [2.05, 4.69) is 12.2 Å². The number of carbonyl (C=O) groups excluding carboxylic acids is 2. The van der Waals surface area contributed by atoms with Gasteiger partial charge in [-0.3, -0.25) is 19.7 Å². The van der Waals surface area contributed by atoms with Gasteiger partial charge in [-0.15, -0.1) is 0 Å². The molecule has 0 spiro atoms. The molecule has 6 nitrogen and oxygen atoms in total. The minimum absolute atomic E-state index is 0.00756. The lowest BCUT2D eigenvalue weighted by atomic mass is 9.85. The highest BCUT2D eigenvalue weighted by Crippen LogP contribution is 2.58. The zero-order chi connectivity index (χ0) is 19.6. The smallest absolute Gasteiger partial charge is 0.274 e. The minimum Gasteiger partial charge on any atom is -0.274 e. The Hall–Kier alpha value is -2.47. The molecule has 4 atom stereocenters. The number of fused-ring (bicyclic) bond motifs is 5. The topological polar surface area (TPSA) is 80.5 Å². The molecule has 3 aliphatic carbocycles. The van der Waals surface area contributed by atoms with Gasteiger partial charge in [-0.2, -0.15) is 0 Å². The van der Waals surface area contributed by atoms with E-state index >= 15 is 0 Å². The first kappa shape index (κ1) is 17.6. The summed E-state index contributed by atoms with van der Waals surface area (Å²) in [6.45, 7) is 0. The summed E-state index contributed by atoms with van der Waals surface area (Å²) in [5.74, 6) is -1.29. The third-order valence-corrected chi connectivity index (χ3v) is 6.99. The molecule has 0 radical (unpaired) electrons. The summed E-state index contributed by atoms with van der Waals surface area (Å²) < 4.78 is 0. The van der Waals surface area contributed by atoms with Crippen LogP contribution in [-0.2, 0) is 9.59 Å². The largest absolute Gasteiger partial charge is 0.289 e. The van der Waals surface area contributed by atoms with Crippen LogP contribution in [0, 0.1) is 33.8 Å². The number of anilines is 1. The summed E-state index contributed by atoms with van der Waals surface area (Å²) in [5.41, 5.74) is 2.67. The number of nitro groups is 1. The fraction of sp³-hybridized carbons (Fsp3) is 0.429. The number of amides is 2. The second kappa shape index (κ2) is 6.27. The molecule has 2 amide bonds. The first-order valence-electron chi connectivity index (χ1n) is 9.71. The third kappa shape index (κ3) is 2.33. The molecule has 1 aromatic carbocycles. The molecular weight excluding hydrogens is 380 g/mol. The van der Waals surface area contributed by atoms with E-state index in [1.807, 2.05) is 0 Å². The quantitative estimate of drug-likeness (QED) is 0.319. The van der Waals surface area contributed by atoms with Gasteiger partial charge in [0.05, 0.1) is 22.4 Å². The molecule has 7 heteroatoms. The number of hydrogen-bond acceptors (Lipinski definition) is 4. The van der Waals surface area contributed by atoms with Gasteiger partial charge in [-0.05, 0) is 37.8 Å². The Morgan fingerprint density at radius 3 is 2.18 bits per heavy atom. The van der Waals surface area contributed by atoms with E-state index < -0.39 is 4.92 Å². The molecule has 0 aromatic heterocycles. The van der Waals surface area contributed by atoms with Crippen molar-refractivity contribution in [3.05, 3.63) is 56.6 Å². The lowest BCUT2D eigenvalue weighted by Crippen LogP contribution is -2.33. The molecule has 2 saturated carbocycles. The number of carbonyl (C=O) groups is 2. The maximum atomic E-state index is 13.2. The molecular formula is C21H19ClN2O4. The van der Waals surface area contributed by atoms with Gasteiger partial charge in [0, 0.05) is 17.9 Å². The van der Waals surface area contributed by atoms with Crippen LogP contribution >= 0.6 is 11.6 Å². The highest BCUT2D eigenvalue weighted by Gasteiger charge is 2.62. The summed E-state index contributed by atoms with van der Waals surface area (Å²) >= 11 is 5.88. The van der Waals surface area contributed by atoms with Gasteiger partial charge >= 0.3 is 0 Å². The second-order valence-electron chi connectivity index (χ2n) is 8.01. The highest BCUT2D eigenvalue weighted by molar-refractivity contribution is 6.33. The first-order chi connectivity index (χ1) is 13.5. The van der Waals surface area contributed by atoms with Crippen LogP contribution in [-0.4, -0.2) is 16.7 Å². The van der Waals surface area contributed by atoms with Crippen LogP contribution in [0.5, 0.6) is 0 Å². The summed E-state index contributed by atoms with van der Waals surface area (Å²) in [4.78, 5) is 38.2. The molecule has 5 rings (SSSR count). The Morgan fingerprint density at radius 1 is 1.00 bits per heavy atom. The number of hydrogen-bond donors (Lipinski definition) is 0. The molecule has 1 aliphatic heterocycles. The molecule has 144 valence electrons. The Bertz CT molecular complexity index is 941. The van der Waals surface area contributed by atoms with Crippen LogP contribution in [0.3, 0.4) is 0 Å². The lowest BCUT2D eigenvalue weighted by molar-refractivity contribution is -0.384. The van der Waals surface area contributed by atoms with Crippen LogP contribution in [0.4, 0.5) is 11.4 Å². The van der Waals surface area contributed by atoms with Crippen LogP contribution in [0.2, 0.25) is 5.02 Å². The third-order valence-electron chi connectivity index (χ3n) is 6.67. The highest BCUT2D eigenvalue weighted by atomic mass is 35.5. The second-order valence-corrected chi connectivity index (χ2v) is 8.42. The number of allylic oxidation sites excluding steroid dienone is 4. The Labute approximate surface area is 167 Å². The number of halogens is 1. The van der Waals surface area contributed by atoms with Gasteiger partial charge in [0.25, 0.3) is 5.69 Å². The van der Waals surface area contributed by atoms with Crippen molar-refractivity contribution >= 4 is 34.8 Å². The Morgan fingerprint density at radius 2 is 1.61 bits per heavy atom. The summed E-state index contributed by atoms with van der Waals surface area (Å²) in [7, 11) is 0. The van der Waals surface area contributed by atoms with E-state index in [-0.39, 0.29) is 51.9 Å². The summed E-state index contributed by atoms with van der Waals surface area (Å²) in [6, 6.07) is 4.09. The zero-order valence-corrected chi connectivity index (χ0v) is 15.9. The molecule has 2 bridgehead atoms. The van der Waals surface area contributed by atoms with Crippen molar-refractivity contribution in [1.29, 1.82) is 0 Å². The fourth-order valence-electron chi connectivity index (χ4n) is 5.54. The molecule has 28 heavy (non-hydrogen) atoms. The molecule has 4 aliphatic rings. The molecule has 0 unspecified atom stereocenters. The fourth-order valence-corrected chi connectivity index (χ4v) is 5.72. The van der Waals surface area contributed by atoms with E-state index in [0.29, 0.717) is 0 Å². The number of rotatable bonds is 2. The normalized spacial score (nSPS) is 31.1. The average Bonchev–Trinajstić information content (AvgIpc) is 3.33. The Kier molecular flexibility index (Phi) is 3.95. The molecule has 0 N–H and O–H groups in total. The predicted octanol–water partition coefficient (Wildman–Crippen LogP) is 4.43. The van der Waals surface area contributed by atoms with Gasteiger partial charge in [0.1, 0.15) is 5.02 Å². The van der Waals surface area contributed by atoms with Gasteiger partial charge in [0.2, 0.25) is 11.8 Å². The van der Waals surface area contributed by atoms with Gasteiger partial charge in [-0.25, -0.2) is 4.90 Å². The van der Waals surface area contributed by atoms with Crippen LogP contribution in [0.15, 0.2) is 41.5 Å². The monoisotopic (exact) mass is 398 g/mol. The number of nitro benzene ring substituents is 1. The van der Waals surface area contributed by atoms with Crippen molar-refractivity contribution in [3.8, 4) is 0 Å². The van der Waals surface area contributed by atoms with Crippen molar-refractivity contribution in [3.63, 3.8) is 0 Å². The molecule has 1 saturated heterocycles. The van der Waals surface area contributed by atoms with Crippen molar-refractivity contribution in [2.45, 2.75) is 32.1 Å². The number of nitrogens with zero attached hydrogens (tertiary/aromatic N) is 2. The van der Waals surface area contributed by atoms with Crippen LogP contribution in [0.1, 0.15) is 32.1 Å². The van der Waals surface area contributed by atoms with Crippen LogP contribution < -0.4 is 4.90 Å². The first-order valence-corrected chi connectivity index (χ1v) is 10.1. The average molecular weight is 399 g/mol. The van der Waals surface area contributed by atoms with E-state index in [4.69, 9.17) is 11.6 Å². The SMILES string of the molecule is O=C1[C@@H]2[C@@H](C(=O)N1c1ccc(Cl)c([N+](=O)[O-])c1)[C@H]1C=C[C@H]2C1=C1CCCCC1. The molecule has 1 heterocycles. The Balaban J connectivity index is 1.52. The maximum absolute atomic E-state index is 13.2. The van der Waals surface area contributed by atoms with Crippen LogP contribution in [0.25, 0.3) is 0 Å². The van der Waals surface area contributed by atoms with Crippen molar-refractivity contribution in [1.82, 2.24) is 0 Å². The molecule has 1 aromatic rings.